The molecule has 4 rings (SSSR count). The Morgan fingerprint density at radius 2 is 2.00 bits per heavy atom. The number of fused-ring (bicyclic) bond motifs is 1. The third-order valence-electron chi connectivity index (χ3n) is 5.48. The van der Waals surface area contributed by atoms with E-state index < -0.39 is 0 Å². The number of carbonyl (C=O) groups is 1. The van der Waals surface area contributed by atoms with E-state index >= 15 is 0 Å². The van der Waals surface area contributed by atoms with Gasteiger partial charge in [-0.05, 0) is 51.0 Å². The van der Waals surface area contributed by atoms with Gasteiger partial charge in [-0.15, -0.1) is 10.2 Å². The van der Waals surface area contributed by atoms with Crippen LogP contribution in [0.15, 0.2) is 24.3 Å². The first-order valence-electron chi connectivity index (χ1n) is 9.41. The van der Waals surface area contributed by atoms with Crippen molar-refractivity contribution in [3.63, 3.8) is 0 Å². The van der Waals surface area contributed by atoms with Gasteiger partial charge in [0.25, 0.3) is 0 Å². The first-order valence-corrected chi connectivity index (χ1v) is 9.41. The molecule has 0 bridgehead atoms. The number of aromatic nitrogens is 5. The molecular formula is C20H23FN6O. The number of nitrogens with zero attached hydrogens (tertiary/aromatic N) is 5. The van der Waals surface area contributed by atoms with Crippen molar-refractivity contribution in [2.24, 2.45) is 7.05 Å². The molecule has 1 aliphatic heterocycles. The lowest BCUT2D eigenvalue weighted by molar-refractivity contribution is -0.123. The molecule has 2 aromatic heterocycles. The standard InChI is InChI=1S/C20H23FN6O/c1-12-17(13(2)26(3)25-12)11-22-20(28)16-5-4-10-27-18(23-24-19(16)27)14-6-8-15(21)9-7-14/h6-9,16H,4-5,10-11H2,1-3H3,(H,22,28). The molecule has 1 aliphatic rings. The molecule has 0 saturated heterocycles. The summed E-state index contributed by atoms with van der Waals surface area (Å²) < 4.78 is 17.0. The maximum Gasteiger partial charge on any atom is 0.231 e. The molecule has 3 heterocycles. The summed E-state index contributed by atoms with van der Waals surface area (Å²) in [5.74, 6) is 0.656. The predicted molar refractivity (Wildman–Crippen MR) is 102 cm³/mol. The highest BCUT2D eigenvalue weighted by Crippen LogP contribution is 2.30. The summed E-state index contributed by atoms with van der Waals surface area (Å²) in [6.45, 7) is 5.13. The van der Waals surface area contributed by atoms with Gasteiger partial charge in [-0.3, -0.25) is 9.48 Å². The van der Waals surface area contributed by atoms with Crippen LogP contribution in [-0.4, -0.2) is 30.5 Å². The topological polar surface area (TPSA) is 77.6 Å². The summed E-state index contributed by atoms with van der Waals surface area (Å²) in [5.41, 5.74) is 3.80. The van der Waals surface area contributed by atoms with E-state index in [0.29, 0.717) is 18.2 Å². The van der Waals surface area contributed by atoms with Crippen molar-refractivity contribution >= 4 is 5.91 Å². The van der Waals surface area contributed by atoms with Crippen LogP contribution in [0.25, 0.3) is 11.4 Å². The van der Waals surface area contributed by atoms with Crippen LogP contribution in [0.4, 0.5) is 4.39 Å². The van der Waals surface area contributed by atoms with Gasteiger partial charge in [0.1, 0.15) is 11.6 Å². The monoisotopic (exact) mass is 382 g/mol. The first-order chi connectivity index (χ1) is 13.5. The predicted octanol–water partition coefficient (Wildman–Crippen LogP) is 2.63. The second kappa shape index (κ2) is 7.18. The number of carbonyl (C=O) groups excluding carboxylic acids is 1. The Morgan fingerprint density at radius 1 is 1.25 bits per heavy atom. The van der Waals surface area contributed by atoms with Crippen LogP contribution in [0.5, 0.6) is 0 Å². The highest BCUT2D eigenvalue weighted by Gasteiger charge is 2.31. The number of benzene rings is 1. The largest absolute Gasteiger partial charge is 0.351 e. The SMILES string of the molecule is Cc1nn(C)c(C)c1CNC(=O)C1CCCn2c(-c3ccc(F)cc3)nnc21. The van der Waals surface area contributed by atoms with Crippen LogP contribution >= 0.6 is 0 Å². The summed E-state index contributed by atoms with van der Waals surface area (Å²) >= 11 is 0. The Balaban J connectivity index is 1.54. The molecule has 0 saturated carbocycles. The van der Waals surface area contributed by atoms with Gasteiger partial charge in [-0.2, -0.15) is 5.10 Å². The second-order valence-corrected chi connectivity index (χ2v) is 7.23. The average Bonchev–Trinajstić information content (AvgIpc) is 3.22. The van der Waals surface area contributed by atoms with Gasteiger partial charge in [-0.1, -0.05) is 0 Å². The van der Waals surface area contributed by atoms with Gasteiger partial charge in [0.15, 0.2) is 5.82 Å². The Kier molecular flexibility index (Phi) is 4.70. The van der Waals surface area contributed by atoms with E-state index in [1.807, 2.05) is 30.1 Å². The van der Waals surface area contributed by atoms with Crippen molar-refractivity contribution in [3.05, 3.63) is 52.9 Å². The smallest absolute Gasteiger partial charge is 0.231 e. The molecule has 7 nitrogen and oxygen atoms in total. The molecule has 0 fully saturated rings. The fraction of sp³-hybridized carbons (Fsp3) is 0.400. The molecule has 1 amide bonds. The van der Waals surface area contributed by atoms with Crippen LogP contribution < -0.4 is 5.32 Å². The van der Waals surface area contributed by atoms with E-state index in [1.165, 1.54) is 12.1 Å². The number of hydrogen-bond acceptors (Lipinski definition) is 4. The van der Waals surface area contributed by atoms with Gasteiger partial charge < -0.3 is 9.88 Å². The van der Waals surface area contributed by atoms with Crippen molar-refractivity contribution in [2.45, 2.75) is 45.7 Å². The Labute approximate surface area is 162 Å². The Bertz CT molecular complexity index is 1020. The van der Waals surface area contributed by atoms with Crippen molar-refractivity contribution in [1.29, 1.82) is 0 Å². The number of aryl methyl sites for hydroxylation is 2. The van der Waals surface area contributed by atoms with Gasteiger partial charge in [0.2, 0.25) is 5.91 Å². The Hall–Kier alpha value is -3.03. The zero-order valence-corrected chi connectivity index (χ0v) is 16.2. The molecule has 146 valence electrons. The highest BCUT2D eigenvalue weighted by molar-refractivity contribution is 5.83. The Morgan fingerprint density at radius 3 is 2.68 bits per heavy atom. The van der Waals surface area contributed by atoms with Crippen LogP contribution in [0, 0.1) is 19.7 Å². The van der Waals surface area contributed by atoms with E-state index in [2.05, 4.69) is 20.6 Å². The lowest BCUT2D eigenvalue weighted by atomic mass is 9.97. The third-order valence-corrected chi connectivity index (χ3v) is 5.48. The van der Waals surface area contributed by atoms with E-state index in [1.54, 1.807) is 12.1 Å². The summed E-state index contributed by atoms with van der Waals surface area (Å²) in [5, 5.41) is 16.0. The van der Waals surface area contributed by atoms with Crippen molar-refractivity contribution in [1.82, 2.24) is 29.9 Å². The number of rotatable bonds is 4. The zero-order chi connectivity index (χ0) is 19.8. The van der Waals surface area contributed by atoms with Crippen LogP contribution in [-0.2, 0) is 24.9 Å². The lowest BCUT2D eigenvalue weighted by Crippen LogP contribution is -2.33. The summed E-state index contributed by atoms with van der Waals surface area (Å²) in [4.78, 5) is 12.9. The second-order valence-electron chi connectivity index (χ2n) is 7.23. The summed E-state index contributed by atoms with van der Waals surface area (Å²) in [7, 11) is 1.90. The zero-order valence-electron chi connectivity index (χ0n) is 16.2. The van der Waals surface area contributed by atoms with E-state index in [9.17, 15) is 9.18 Å². The minimum atomic E-state index is -0.340. The van der Waals surface area contributed by atoms with E-state index in [-0.39, 0.29) is 17.6 Å². The van der Waals surface area contributed by atoms with E-state index in [0.717, 1.165) is 41.9 Å². The third kappa shape index (κ3) is 3.19. The van der Waals surface area contributed by atoms with Crippen LogP contribution in [0.1, 0.15) is 41.5 Å². The molecule has 1 unspecified atom stereocenters. The van der Waals surface area contributed by atoms with Crippen molar-refractivity contribution in [2.75, 3.05) is 0 Å². The fourth-order valence-corrected chi connectivity index (χ4v) is 3.81. The molecular weight excluding hydrogens is 359 g/mol. The minimum absolute atomic E-state index is 0.0540. The molecule has 3 aromatic rings. The molecule has 0 spiro atoms. The molecule has 0 aliphatic carbocycles. The maximum atomic E-state index is 13.2. The molecule has 0 radical (unpaired) electrons. The molecule has 1 aromatic carbocycles. The fourth-order valence-electron chi connectivity index (χ4n) is 3.81. The lowest BCUT2D eigenvalue weighted by Gasteiger charge is -2.23. The van der Waals surface area contributed by atoms with Gasteiger partial charge in [0.05, 0.1) is 11.6 Å². The molecule has 1 N–H and O–H groups in total. The summed E-state index contributed by atoms with van der Waals surface area (Å²) in [6.07, 6.45) is 1.60. The van der Waals surface area contributed by atoms with Crippen molar-refractivity contribution < 1.29 is 9.18 Å². The number of hydrogen-bond donors (Lipinski definition) is 1. The average molecular weight is 382 g/mol. The first kappa shape index (κ1) is 18.3. The van der Waals surface area contributed by atoms with Gasteiger partial charge >= 0.3 is 0 Å². The van der Waals surface area contributed by atoms with Crippen molar-refractivity contribution in [3.8, 4) is 11.4 Å². The molecule has 8 heteroatoms. The van der Waals surface area contributed by atoms with Crippen LogP contribution in [0.2, 0.25) is 0 Å². The normalized spacial score (nSPS) is 16.1. The highest BCUT2D eigenvalue weighted by atomic mass is 19.1. The van der Waals surface area contributed by atoms with E-state index in [4.69, 9.17) is 0 Å². The minimum Gasteiger partial charge on any atom is -0.351 e. The number of halogens is 1. The van der Waals surface area contributed by atoms with Gasteiger partial charge in [-0.25, -0.2) is 4.39 Å². The van der Waals surface area contributed by atoms with Crippen LogP contribution in [0.3, 0.4) is 0 Å². The van der Waals surface area contributed by atoms with Gasteiger partial charge in [0, 0.05) is 37.0 Å². The number of amides is 1. The quantitative estimate of drug-likeness (QED) is 0.752. The maximum absolute atomic E-state index is 13.2. The molecule has 28 heavy (non-hydrogen) atoms. The number of nitrogens with one attached hydrogen (secondary N) is 1. The summed E-state index contributed by atoms with van der Waals surface area (Å²) in [6, 6.07) is 6.18. The molecule has 1 atom stereocenters.